The SMILES string of the molecule is O=C(CCNS(=O)(=O)c1cccnc1)NCCCCc1ccccc1. The van der Waals surface area contributed by atoms with Crippen LogP contribution in [0.5, 0.6) is 0 Å². The molecule has 0 aliphatic rings. The second kappa shape index (κ2) is 9.90. The summed E-state index contributed by atoms with van der Waals surface area (Å²) in [6, 6.07) is 13.2. The summed E-state index contributed by atoms with van der Waals surface area (Å²) >= 11 is 0. The number of aryl methyl sites for hydroxylation is 1. The van der Waals surface area contributed by atoms with Crippen LogP contribution in [0.2, 0.25) is 0 Å². The van der Waals surface area contributed by atoms with Crippen molar-refractivity contribution in [1.29, 1.82) is 0 Å². The number of benzene rings is 1. The molecule has 0 unspecified atom stereocenters. The topological polar surface area (TPSA) is 88.2 Å². The van der Waals surface area contributed by atoms with E-state index in [1.54, 1.807) is 6.07 Å². The number of carbonyl (C=O) groups excluding carboxylic acids is 1. The van der Waals surface area contributed by atoms with Gasteiger partial charge in [0.15, 0.2) is 0 Å². The van der Waals surface area contributed by atoms with Crippen molar-refractivity contribution in [2.75, 3.05) is 13.1 Å². The van der Waals surface area contributed by atoms with Gasteiger partial charge in [-0.3, -0.25) is 9.78 Å². The lowest BCUT2D eigenvalue weighted by atomic mass is 10.1. The van der Waals surface area contributed by atoms with Gasteiger partial charge < -0.3 is 5.32 Å². The van der Waals surface area contributed by atoms with E-state index in [1.807, 2.05) is 18.2 Å². The van der Waals surface area contributed by atoms with Gasteiger partial charge in [-0.2, -0.15) is 0 Å². The average molecular weight is 361 g/mol. The van der Waals surface area contributed by atoms with Crippen molar-refractivity contribution < 1.29 is 13.2 Å². The normalized spacial score (nSPS) is 11.2. The Morgan fingerprint density at radius 2 is 1.80 bits per heavy atom. The minimum Gasteiger partial charge on any atom is -0.356 e. The Hall–Kier alpha value is -2.25. The summed E-state index contributed by atoms with van der Waals surface area (Å²) in [6.07, 6.45) is 5.76. The second-order valence-corrected chi connectivity index (χ2v) is 7.40. The highest BCUT2D eigenvalue weighted by Crippen LogP contribution is 2.05. The molecule has 2 rings (SSSR count). The minimum absolute atomic E-state index is 0.0626. The Morgan fingerprint density at radius 1 is 1.00 bits per heavy atom. The summed E-state index contributed by atoms with van der Waals surface area (Å²) in [7, 11) is -3.61. The maximum absolute atomic E-state index is 12.0. The number of aromatic nitrogens is 1. The number of rotatable bonds is 10. The Morgan fingerprint density at radius 3 is 2.52 bits per heavy atom. The zero-order chi connectivity index (χ0) is 18.0. The van der Waals surface area contributed by atoms with Crippen LogP contribution in [0.1, 0.15) is 24.8 Å². The number of nitrogens with one attached hydrogen (secondary N) is 2. The third-order valence-corrected chi connectivity index (χ3v) is 5.09. The summed E-state index contributed by atoms with van der Waals surface area (Å²) in [5.74, 6) is -0.159. The van der Waals surface area contributed by atoms with Crippen LogP contribution in [0.4, 0.5) is 0 Å². The first kappa shape index (κ1) is 19.1. The van der Waals surface area contributed by atoms with Crippen LogP contribution in [0.3, 0.4) is 0 Å². The molecule has 1 aromatic carbocycles. The molecule has 6 nitrogen and oxygen atoms in total. The van der Waals surface area contributed by atoms with Gasteiger partial charge in [0, 0.05) is 31.9 Å². The Balaban J connectivity index is 1.58. The maximum atomic E-state index is 12.0. The van der Waals surface area contributed by atoms with Crippen molar-refractivity contribution in [2.24, 2.45) is 0 Å². The van der Waals surface area contributed by atoms with E-state index in [2.05, 4.69) is 27.2 Å². The van der Waals surface area contributed by atoms with Crippen molar-refractivity contribution >= 4 is 15.9 Å². The molecule has 0 radical (unpaired) electrons. The van der Waals surface area contributed by atoms with Crippen LogP contribution >= 0.6 is 0 Å². The monoisotopic (exact) mass is 361 g/mol. The smallest absolute Gasteiger partial charge is 0.242 e. The largest absolute Gasteiger partial charge is 0.356 e. The van der Waals surface area contributed by atoms with Gasteiger partial charge in [-0.15, -0.1) is 0 Å². The van der Waals surface area contributed by atoms with Crippen LogP contribution in [-0.4, -0.2) is 32.4 Å². The number of amides is 1. The lowest BCUT2D eigenvalue weighted by Crippen LogP contribution is -2.31. The fourth-order valence-corrected chi connectivity index (χ4v) is 3.30. The molecule has 0 saturated heterocycles. The third kappa shape index (κ3) is 7.03. The van der Waals surface area contributed by atoms with Crippen molar-refractivity contribution in [3.05, 3.63) is 60.4 Å². The number of hydrogen-bond donors (Lipinski definition) is 2. The molecule has 0 aliphatic carbocycles. The van der Waals surface area contributed by atoms with E-state index in [9.17, 15) is 13.2 Å². The molecule has 2 aromatic rings. The first-order valence-electron chi connectivity index (χ1n) is 8.28. The number of nitrogens with zero attached hydrogens (tertiary/aromatic N) is 1. The van der Waals surface area contributed by atoms with Crippen LogP contribution in [0, 0.1) is 0 Å². The molecule has 1 aromatic heterocycles. The molecule has 134 valence electrons. The number of pyridine rings is 1. The number of carbonyl (C=O) groups is 1. The highest BCUT2D eigenvalue weighted by atomic mass is 32.2. The first-order valence-corrected chi connectivity index (χ1v) is 9.76. The van der Waals surface area contributed by atoms with Crippen molar-refractivity contribution in [1.82, 2.24) is 15.0 Å². The molecule has 0 atom stereocenters. The van der Waals surface area contributed by atoms with Gasteiger partial charge in [0.2, 0.25) is 15.9 Å². The Kier molecular flexibility index (Phi) is 7.56. The Bertz CT molecular complexity index is 750. The van der Waals surface area contributed by atoms with Gasteiger partial charge in [-0.25, -0.2) is 13.1 Å². The predicted octanol–water partition coefficient (Wildman–Crippen LogP) is 1.89. The van der Waals surface area contributed by atoms with Crippen LogP contribution in [0.15, 0.2) is 59.8 Å². The predicted molar refractivity (Wildman–Crippen MR) is 96.4 cm³/mol. The second-order valence-electron chi connectivity index (χ2n) is 5.63. The summed E-state index contributed by atoms with van der Waals surface area (Å²) < 4.78 is 26.3. The highest BCUT2D eigenvalue weighted by Gasteiger charge is 2.13. The van der Waals surface area contributed by atoms with Crippen molar-refractivity contribution in [3.8, 4) is 0 Å². The van der Waals surface area contributed by atoms with Crippen LogP contribution in [0.25, 0.3) is 0 Å². The van der Waals surface area contributed by atoms with Gasteiger partial charge in [0.25, 0.3) is 0 Å². The average Bonchev–Trinajstić information content (AvgIpc) is 2.63. The number of sulfonamides is 1. The molecule has 0 fully saturated rings. The molecular formula is C18H23N3O3S. The van der Waals surface area contributed by atoms with Gasteiger partial charge in [0.1, 0.15) is 4.90 Å². The van der Waals surface area contributed by atoms with Gasteiger partial charge in [0.05, 0.1) is 0 Å². The van der Waals surface area contributed by atoms with Crippen LogP contribution < -0.4 is 10.0 Å². The number of unbranched alkanes of at least 4 members (excludes halogenated alkanes) is 1. The highest BCUT2D eigenvalue weighted by molar-refractivity contribution is 7.89. The van der Waals surface area contributed by atoms with Gasteiger partial charge in [-0.05, 0) is 37.0 Å². The van der Waals surface area contributed by atoms with Crippen molar-refractivity contribution in [2.45, 2.75) is 30.6 Å². The lowest BCUT2D eigenvalue weighted by molar-refractivity contribution is -0.120. The van der Waals surface area contributed by atoms with E-state index >= 15 is 0 Å². The summed E-state index contributed by atoms with van der Waals surface area (Å²) in [4.78, 5) is 15.6. The lowest BCUT2D eigenvalue weighted by Gasteiger charge is -2.07. The molecule has 0 saturated carbocycles. The fourth-order valence-electron chi connectivity index (χ4n) is 2.30. The minimum atomic E-state index is -3.61. The van der Waals surface area contributed by atoms with Crippen molar-refractivity contribution in [3.63, 3.8) is 0 Å². The van der Waals surface area contributed by atoms with Gasteiger partial charge >= 0.3 is 0 Å². The maximum Gasteiger partial charge on any atom is 0.242 e. The van der Waals surface area contributed by atoms with E-state index < -0.39 is 10.0 Å². The van der Waals surface area contributed by atoms with Crippen LogP contribution in [-0.2, 0) is 21.2 Å². The molecule has 0 bridgehead atoms. The van der Waals surface area contributed by atoms with E-state index in [-0.39, 0.29) is 23.8 Å². The van der Waals surface area contributed by atoms with E-state index in [0.717, 1.165) is 19.3 Å². The standard InChI is InChI=1S/C18H23N3O3S/c22-18(20-13-5-4-9-16-7-2-1-3-8-16)11-14-21-25(23,24)17-10-6-12-19-15-17/h1-3,6-8,10,12,15,21H,4-5,9,11,13-14H2,(H,20,22). The molecule has 0 spiro atoms. The molecule has 0 aliphatic heterocycles. The molecule has 1 heterocycles. The zero-order valence-corrected chi connectivity index (χ0v) is 14.8. The molecule has 25 heavy (non-hydrogen) atoms. The first-order chi connectivity index (χ1) is 12.1. The van der Waals surface area contributed by atoms with E-state index in [0.29, 0.717) is 6.54 Å². The summed E-state index contributed by atoms with van der Waals surface area (Å²) in [6.45, 7) is 0.661. The molecule has 7 heteroatoms. The third-order valence-electron chi connectivity index (χ3n) is 3.65. The van der Waals surface area contributed by atoms with E-state index in [4.69, 9.17) is 0 Å². The van der Waals surface area contributed by atoms with E-state index in [1.165, 1.54) is 24.0 Å². The summed E-state index contributed by atoms with van der Waals surface area (Å²) in [5, 5.41) is 2.81. The summed E-state index contributed by atoms with van der Waals surface area (Å²) in [5.41, 5.74) is 1.29. The zero-order valence-electron chi connectivity index (χ0n) is 14.0. The Labute approximate surface area is 148 Å². The molecule has 1 amide bonds. The number of hydrogen-bond acceptors (Lipinski definition) is 4. The quantitative estimate of drug-likeness (QED) is 0.633. The fraction of sp³-hybridized carbons (Fsp3) is 0.333. The molecule has 2 N–H and O–H groups in total. The van der Waals surface area contributed by atoms with Gasteiger partial charge in [-0.1, -0.05) is 30.3 Å². The molecular weight excluding hydrogens is 338 g/mol.